The smallest absolute Gasteiger partial charge is 0.411 e. The highest BCUT2D eigenvalue weighted by molar-refractivity contribution is 5.85. The molecule has 1 amide bonds. The summed E-state index contributed by atoms with van der Waals surface area (Å²) < 4.78 is 31.9. The van der Waals surface area contributed by atoms with E-state index in [-0.39, 0.29) is 29.3 Å². The lowest BCUT2D eigenvalue weighted by molar-refractivity contribution is 0.147. The molecule has 3 nitrogen and oxygen atoms in total. The molecule has 0 aliphatic heterocycles. The first-order valence-corrected chi connectivity index (χ1v) is 5.72. The van der Waals surface area contributed by atoms with Crippen molar-refractivity contribution in [1.29, 1.82) is 0 Å². The van der Waals surface area contributed by atoms with E-state index in [0.717, 1.165) is 0 Å². The van der Waals surface area contributed by atoms with Crippen LogP contribution in [0.2, 0.25) is 0 Å². The summed E-state index contributed by atoms with van der Waals surface area (Å²) in [7, 11) is 0. The third kappa shape index (κ3) is 3.42. The van der Waals surface area contributed by atoms with E-state index < -0.39 is 17.7 Å². The zero-order chi connectivity index (χ0) is 13.9. The first-order chi connectivity index (χ1) is 8.32. The second-order valence-electron chi connectivity index (χ2n) is 4.61. The Hall–Kier alpha value is -1.65. The Morgan fingerprint density at radius 1 is 1.33 bits per heavy atom. The number of hydrogen-bond donors (Lipinski definition) is 1. The number of carbonyl (C=O) groups is 1. The number of ether oxygens (including phenoxy) is 1. The topological polar surface area (TPSA) is 38.3 Å². The van der Waals surface area contributed by atoms with Crippen LogP contribution in [-0.2, 0) is 4.74 Å². The highest BCUT2D eigenvalue weighted by Crippen LogP contribution is 2.23. The van der Waals surface area contributed by atoms with Gasteiger partial charge in [0.2, 0.25) is 0 Å². The minimum atomic E-state index is -0.778. The molecule has 0 saturated heterocycles. The van der Waals surface area contributed by atoms with Crippen LogP contribution in [0.1, 0.15) is 25.0 Å². The minimum Gasteiger partial charge on any atom is -0.449 e. The van der Waals surface area contributed by atoms with Gasteiger partial charge in [-0.15, -0.1) is 0 Å². The maximum atomic E-state index is 13.7. The first kappa shape index (κ1) is 14.4. The number of carbonyl (C=O) groups excluding carboxylic acids is 1. The number of amides is 1. The van der Waals surface area contributed by atoms with Crippen molar-refractivity contribution in [3.05, 3.63) is 28.8 Å². The largest absolute Gasteiger partial charge is 0.449 e. The van der Waals surface area contributed by atoms with E-state index in [1.807, 2.05) is 13.8 Å². The van der Waals surface area contributed by atoms with E-state index in [2.05, 4.69) is 5.32 Å². The molecule has 1 aromatic carbocycles. The lowest BCUT2D eigenvalue weighted by Gasteiger charge is -2.12. The molecule has 5 heteroatoms. The maximum Gasteiger partial charge on any atom is 0.411 e. The lowest BCUT2D eigenvalue weighted by Crippen LogP contribution is -2.18. The van der Waals surface area contributed by atoms with Crippen molar-refractivity contribution in [2.24, 2.45) is 5.92 Å². The molecule has 0 atom stereocenters. The van der Waals surface area contributed by atoms with E-state index in [1.165, 1.54) is 19.9 Å². The molecule has 0 heterocycles. The van der Waals surface area contributed by atoms with Crippen molar-refractivity contribution in [2.45, 2.75) is 27.7 Å². The summed E-state index contributed by atoms with van der Waals surface area (Å²) in [5.41, 5.74) is 0.0855. The first-order valence-electron chi connectivity index (χ1n) is 5.72. The number of anilines is 1. The number of aryl methyl sites for hydroxylation is 1. The molecular formula is C13H17F2NO2. The molecule has 0 spiro atoms. The van der Waals surface area contributed by atoms with Gasteiger partial charge in [0.1, 0.15) is 5.82 Å². The Morgan fingerprint density at radius 3 is 2.50 bits per heavy atom. The van der Waals surface area contributed by atoms with Crippen LogP contribution in [-0.4, -0.2) is 12.7 Å². The Kier molecular flexibility index (Phi) is 4.64. The molecule has 0 aliphatic rings. The van der Waals surface area contributed by atoms with Crippen LogP contribution >= 0.6 is 0 Å². The SMILES string of the molecule is Cc1cc(NC(=O)OCC(C)C)c(F)c(C)c1F. The number of rotatable bonds is 3. The Bertz CT molecular complexity index is 459. The normalized spacial score (nSPS) is 10.6. The van der Waals surface area contributed by atoms with Crippen LogP contribution < -0.4 is 5.32 Å². The number of nitrogens with one attached hydrogen (secondary N) is 1. The molecule has 0 aliphatic carbocycles. The van der Waals surface area contributed by atoms with Crippen molar-refractivity contribution >= 4 is 11.8 Å². The average Bonchev–Trinajstić information content (AvgIpc) is 2.30. The average molecular weight is 257 g/mol. The Labute approximate surface area is 105 Å². The second kappa shape index (κ2) is 5.80. The summed E-state index contributed by atoms with van der Waals surface area (Å²) in [6.45, 7) is 6.85. The van der Waals surface area contributed by atoms with Gasteiger partial charge < -0.3 is 4.74 Å². The molecule has 0 radical (unpaired) electrons. The Morgan fingerprint density at radius 2 is 1.94 bits per heavy atom. The fraction of sp³-hybridized carbons (Fsp3) is 0.462. The van der Waals surface area contributed by atoms with E-state index in [9.17, 15) is 13.6 Å². The highest BCUT2D eigenvalue weighted by Gasteiger charge is 2.15. The molecule has 100 valence electrons. The van der Waals surface area contributed by atoms with Crippen molar-refractivity contribution in [3.8, 4) is 0 Å². The van der Waals surface area contributed by atoms with Crippen LogP contribution in [0.5, 0.6) is 0 Å². The maximum absolute atomic E-state index is 13.7. The fourth-order valence-corrected chi connectivity index (χ4v) is 1.42. The minimum absolute atomic E-state index is 0.0693. The van der Waals surface area contributed by atoms with Gasteiger partial charge in [0.15, 0.2) is 5.82 Å². The highest BCUT2D eigenvalue weighted by atomic mass is 19.1. The van der Waals surface area contributed by atoms with Crippen molar-refractivity contribution < 1.29 is 18.3 Å². The van der Waals surface area contributed by atoms with Crippen LogP contribution in [0.3, 0.4) is 0 Å². The van der Waals surface area contributed by atoms with Gasteiger partial charge in [0.25, 0.3) is 0 Å². The Balaban J connectivity index is 2.82. The molecule has 0 saturated carbocycles. The van der Waals surface area contributed by atoms with Gasteiger partial charge in [-0.2, -0.15) is 0 Å². The summed E-state index contributed by atoms with van der Waals surface area (Å²) >= 11 is 0. The van der Waals surface area contributed by atoms with E-state index >= 15 is 0 Å². The van der Waals surface area contributed by atoms with Crippen LogP contribution in [0.15, 0.2) is 6.07 Å². The standard InChI is InChI=1S/C13H17F2NO2/c1-7(2)6-18-13(17)16-10-5-8(3)11(14)9(4)12(10)15/h5,7H,6H2,1-4H3,(H,16,17). The number of benzene rings is 1. The van der Waals surface area contributed by atoms with Crippen LogP contribution in [0, 0.1) is 31.4 Å². The molecular weight excluding hydrogens is 240 g/mol. The van der Waals surface area contributed by atoms with Gasteiger partial charge in [0.05, 0.1) is 12.3 Å². The van der Waals surface area contributed by atoms with E-state index in [4.69, 9.17) is 4.74 Å². The molecule has 1 aromatic rings. The molecule has 18 heavy (non-hydrogen) atoms. The summed E-state index contributed by atoms with van der Waals surface area (Å²) in [6, 6.07) is 1.24. The lowest BCUT2D eigenvalue weighted by atomic mass is 10.1. The molecule has 0 bridgehead atoms. The molecule has 1 rings (SSSR count). The monoisotopic (exact) mass is 257 g/mol. The van der Waals surface area contributed by atoms with Gasteiger partial charge >= 0.3 is 6.09 Å². The fourth-order valence-electron chi connectivity index (χ4n) is 1.42. The number of hydrogen-bond acceptors (Lipinski definition) is 2. The summed E-state index contributed by atoms with van der Waals surface area (Å²) in [5, 5.41) is 2.27. The molecule has 0 unspecified atom stereocenters. The zero-order valence-electron chi connectivity index (χ0n) is 10.9. The third-order valence-corrected chi connectivity index (χ3v) is 2.39. The summed E-state index contributed by atoms with van der Waals surface area (Å²) in [4.78, 5) is 11.4. The zero-order valence-corrected chi connectivity index (χ0v) is 10.9. The van der Waals surface area contributed by atoms with E-state index in [0.29, 0.717) is 0 Å². The van der Waals surface area contributed by atoms with Gasteiger partial charge in [-0.05, 0) is 31.4 Å². The van der Waals surface area contributed by atoms with E-state index in [1.54, 1.807) is 0 Å². The quantitative estimate of drug-likeness (QED) is 0.894. The molecule has 0 aromatic heterocycles. The molecule has 1 N–H and O–H groups in total. The number of halogens is 2. The van der Waals surface area contributed by atoms with Gasteiger partial charge in [-0.3, -0.25) is 5.32 Å². The van der Waals surface area contributed by atoms with Crippen LogP contribution in [0.25, 0.3) is 0 Å². The predicted octanol–water partition coefficient (Wildman–Crippen LogP) is 3.79. The summed E-state index contributed by atoms with van der Waals surface area (Å²) in [5.74, 6) is -1.19. The summed E-state index contributed by atoms with van der Waals surface area (Å²) in [6.07, 6.45) is -0.743. The third-order valence-electron chi connectivity index (χ3n) is 2.39. The molecule has 0 fully saturated rings. The van der Waals surface area contributed by atoms with Gasteiger partial charge in [-0.25, -0.2) is 13.6 Å². The predicted molar refractivity (Wildman–Crippen MR) is 65.6 cm³/mol. The van der Waals surface area contributed by atoms with Gasteiger partial charge in [0, 0.05) is 5.56 Å². The van der Waals surface area contributed by atoms with Crippen molar-refractivity contribution in [3.63, 3.8) is 0 Å². The van der Waals surface area contributed by atoms with Crippen molar-refractivity contribution in [1.82, 2.24) is 0 Å². The van der Waals surface area contributed by atoms with Crippen LogP contribution in [0.4, 0.5) is 19.3 Å². The second-order valence-corrected chi connectivity index (χ2v) is 4.61. The van der Waals surface area contributed by atoms with Crippen molar-refractivity contribution in [2.75, 3.05) is 11.9 Å². The van der Waals surface area contributed by atoms with Gasteiger partial charge in [-0.1, -0.05) is 13.8 Å².